The van der Waals surface area contributed by atoms with Gasteiger partial charge in [-0.1, -0.05) is 30.3 Å². The second kappa shape index (κ2) is 7.65. The number of rotatable bonds is 6. The smallest absolute Gasteiger partial charge is 0.423 e. The average molecular weight is 369 g/mol. The molecule has 2 rings (SSSR count). The van der Waals surface area contributed by atoms with E-state index in [2.05, 4.69) is 5.32 Å². The van der Waals surface area contributed by atoms with Gasteiger partial charge in [-0.3, -0.25) is 4.79 Å². The number of halogens is 3. The third kappa shape index (κ3) is 4.08. The first kappa shape index (κ1) is 19.6. The number of alkyl halides is 3. The summed E-state index contributed by atoms with van der Waals surface area (Å²) >= 11 is 0. The first-order chi connectivity index (χ1) is 12.2. The van der Waals surface area contributed by atoms with Crippen LogP contribution in [0, 0.1) is 0 Å². The summed E-state index contributed by atoms with van der Waals surface area (Å²) < 4.78 is 50.4. The van der Waals surface area contributed by atoms with Crippen LogP contribution in [-0.4, -0.2) is 38.0 Å². The topological polar surface area (TPSA) is 67.8 Å². The predicted octanol–water partition coefficient (Wildman–Crippen LogP) is 2.88. The summed E-state index contributed by atoms with van der Waals surface area (Å²) in [5, 5.41) is 12.4. The van der Waals surface area contributed by atoms with Crippen molar-refractivity contribution in [1.82, 2.24) is 5.32 Å². The minimum Gasteiger partial charge on any atom is -0.497 e. The summed E-state index contributed by atoms with van der Waals surface area (Å²) in [7, 11) is 2.77. The van der Waals surface area contributed by atoms with Crippen molar-refractivity contribution in [2.45, 2.75) is 11.8 Å². The van der Waals surface area contributed by atoms with Crippen LogP contribution in [0.2, 0.25) is 0 Å². The molecule has 8 heteroatoms. The van der Waals surface area contributed by atoms with Gasteiger partial charge in [0.05, 0.1) is 20.8 Å². The summed E-state index contributed by atoms with van der Waals surface area (Å²) in [6.45, 7) is -1.04. The predicted molar refractivity (Wildman–Crippen MR) is 88.3 cm³/mol. The number of nitrogens with one attached hydrogen (secondary N) is 1. The Kier molecular flexibility index (Phi) is 5.76. The maximum Gasteiger partial charge on any atom is 0.423 e. The van der Waals surface area contributed by atoms with Gasteiger partial charge in [0.1, 0.15) is 11.5 Å². The van der Waals surface area contributed by atoms with Crippen molar-refractivity contribution in [2.24, 2.45) is 0 Å². The summed E-state index contributed by atoms with van der Waals surface area (Å²) in [6, 6.07) is 10.8. The van der Waals surface area contributed by atoms with E-state index in [9.17, 15) is 23.1 Å². The molecule has 26 heavy (non-hydrogen) atoms. The number of carbonyl (C=O) groups is 1. The third-order valence-electron chi connectivity index (χ3n) is 3.84. The van der Waals surface area contributed by atoms with Gasteiger partial charge in [-0.05, 0) is 17.7 Å². The minimum atomic E-state index is -4.98. The first-order valence-electron chi connectivity index (χ1n) is 7.57. The second-order valence-corrected chi connectivity index (χ2v) is 5.51. The number of aliphatic hydroxyl groups is 1. The van der Waals surface area contributed by atoms with Gasteiger partial charge in [0.25, 0.3) is 5.91 Å². The number of benzene rings is 2. The normalized spacial score (nSPS) is 13.6. The van der Waals surface area contributed by atoms with Crippen LogP contribution in [0.1, 0.15) is 15.9 Å². The molecule has 2 aromatic rings. The maximum absolute atomic E-state index is 13.4. The maximum atomic E-state index is 13.4. The summed E-state index contributed by atoms with van der Waals surface area (Å²) in [6.07, 6.45) is -4.98. The number of hydrogen-bond donors (Lipinski definition) is 2. The lowest BCUT2D eigenvalue weighted by molar-refractivity contribution is -0.263. The standard InChI is InChI=1S/C18H18F3NO4/c1-25-14-8-12(9-15(10-14)26-2)16(23)22-11-17(24,18(19,20)21)13-6-4-3-5-7-13/h3-10,24H,11H2,1-2H3,(H,22,23)/t17-/m1/s1. The number of carbonyl (C=O) groups excluding carboxylic acids is 1. The molecule has 0 aromatic heterocycles. The van der Waals surface area contributed by atoms with Gasteiger partial charge < -0.3 is 19.9 Å². The van der Waals surface area contributed by atoms with E-state index >= 15 is 0 Å². The zero-order valence-corrected chi connectivity index (χ0v) is 14.1. The lowest BCUT2D eigenvalue weighted by atomic mass is 9.93. The van der Waals surface area contributed by atoms with E-state index in [1.165, 1.54) is 50.6 Å². The van der Waals surface area contributed by atoms with Crippen LogP contribution < -0.4 is 14.8 Å². The Balaban J connectivity index is 2.26. The van der Waals surface area contributed by atoms with Crippen LogP contribution in [-0.2, 0) is 5.60 Å². The highest BCUT2D eigenvalue weighted by Crippen LogP contribution is 2.38. The van der Waals surface area contributed by atoms with Crippen LogP contribution >= 0.6 is 0 Å². The Labute approximate surface area is 148 Å². The molecule has 2 N–H and O–H groups in total. The fraction of sp³-hybridized carbons (Fsp3) is 0.278. The SMILES string of the molecule is COc1cc(OC)cc(C(=O)NC[C@@](O)(c2ccccc2)C(F)(F)F)c1. The van der Waals surface area contributed by atoms with Crippen molar-refractivity contribution in [2.75, 3.05) is 20.8 Å². The molecule has 5 nitrogen and oxygen atoms in total. The molecule has 0 bridgehead atoms. The van der Waals surface area contributed by atoms with Crippen molar-refractivity contribution >= 4 is 5.91 Å². The quantitative estimate of drug-likeness (QED) is 0.822. The largest absolute Gasteiger partial charge is 0.497 e. The fourth-order valence-electron chi connectivity index (χ4n) is 2.33. The second-order valence-electron chi connectivity index (χ2n) is 5.51. The van der Waals surface area contributed by atoms with Gasteiger partial charge in [-0.15, -0.1) is 0 Å². The molecule has 0 aliphatic carbocycles. The van der Waals surface area contributed by atoms with Crippen LogP contribution in [0.3, 0.4) is 0 Å². The average Bonchev–Trinajstić information content (AvgIpc) is 2.65. The monoisotopic (exact) mass is 369 g/mol. The van der Waals surface area contributed by atoms with Crippen molar-refractivity contribution in [3.63, 3.8) is 0 Å². The van der Waals surface area contributed by atoms with E-state index in [1.54, 1.807) is 0 Å². The fourth-order valence-corrected chi connectivity index (χ4v) is 2.33. The van der Waals surface area contributed by atoms with Crippen molar-refractivity contribution < 1.29 is 32.5 Å². The Morgan fingerprint density at radius 3 is 2.04 bits per heavy atom. The summed E-state index contributed by atoms with van der Waals surface area (Å²) in [5.74, 6) is -0.187. The minimum absolute atomic E-state index is 0.0405. The molecular formula is C18H18F3NO4. The summed E-state index contributed by atoms with van der Waals surface area (Å²) in [4.78, 5) is 12.3. The van der Waals surface area contributed by atoms with Crippen LogP contribution in [0.15, 0.2) is 48.5 Å². The van der Waals surface area contributed by atoms with Crippen LogP contribution in [0.4, 0.5) is 13.2 Å². The lowest BCUT2D eigenvalue weighted by Gasteiger charge is -2.31. The van der Waals surface area contributed by atoms with E-state index in [-0.39, 0.29) is 11.1 Å². The van der Waals surface area contributed by atoms with Gasteiger partial charge in [0.2, 0.25) is 5.60 Å². The molecule has 0 spiro atoms. The van der Waals surface area contributed by atoms with Crippen LogP contribution in [0.25, 0.3) is 0 Å². The Hall–Kier alpha value is -2.74. The van der Waals surface area contributed by atoms with Crippen molar-refractivity contribution in [1.29, 1.82) is 0 Å². The van der Waals surface area contributed by atoms with Gasteiger partial charge in [-0.2, -0.15) is 13.2 Å². The highest BCUT2D eigenvalue weighted by atomic mass is 19.4. The highest BCUT2D eigenvalue weighted by molar-refractivity contribution is 5.95. The molecular weight excluding hydrogens is 351 g/mol. The Morgan fingerprint density at radius 1 is 1.04 bits per heavy atom. The highest BCUT2D eigenvalue weighted by Gasteiger charge is 2.55. The van der Waals surface area contributed by atoms with E-state index in [0.29, 0.717) is 11.5 Å². The number of methoxy groups -OCH3 is 2. The third-order valence-corrected chi connectivity index (χ3v) is 3.84. The van der Waals surface area contributed by atoms with E-state index < -0.39 is 24.2 Å². The molecule has 0 saturated heterocycles. The van der Waals surface area contributed by atoms with E-state index in [4.69, 9.17) is 9.47 Å². The van der Waals surface area contributed by atoms with E-state index in [1.807, 2.05) is 0 Å². The van der Waals surface area contributed by atoms with Crippen molar-refractivity contribution in [3.8, 4) is 11.5 Å². The molecule has 0 aliphatic rings. The van der Waals surface area contributed by atoms with Gasteiger partial charge in [0, 0.05) is 11.6 Å². The molecule has 0 saturated carbocycles. The van der Waals surface area contributed by atoms with Gasteiger partial charge in [0.15, 0.2) is 0 Å². The molecule has 1 amide bonds. The molecule has 0 aliphatic heterocycles. The number of hydrogen-bond acceptors (Lipinski definition) is 4. The molecule has 2 aromatic carbocycles. The molecule has 1 atom stereocenters. The zero-order valence-electron chi connectivity index (χ0n) is 14.1. The van der Waals surface area contributed by atoms with Gasteiger partial charge in [-0.25, -0.2) is 0 Å². The van der Waals surface area contributed by atoms with Gasteiger partial charge >= 0.3 is 6.18 Å². The summed E-state index contributed by atoms with van der Waals surface area (Å²) in [5.41, 5.74) is -3.54. The van der Waals surface area contributed by atoms with Crippen molar-refractivity contribution in [3.05, 3.63) is 59.7 Å². The molecule has 0 unspecified atom stereocenters. The zero-order chi connectivity index (χ0) is 19.4. The van der Waals surface area contributed by atoms with E-state index in [0.717, 1.165) is 12.1 Å². The number of ether oxygens (including phenoxy) is 2. The Bertz CT molecular complexity index is 743. The first-order valence-corrected chi connectivity index (χ1v) is 7.57. The van der Waals surface area contributed by atoms with Crippen LogP contribution in [0.5, 0.6) is 11.5 Å². The molecule has 0 radical (unpaired) electrons. The lowest BCUT2D eigenvalue weighted by Crippen LogP contribution is -2.51. The number of amides is 1. The Morgan fingerprint density at radius 2 is 1.58 bits per heavy atom. The molecule has 140 valence electrons. The molecule has 0 heterocycles. The molecule has 0 fully saturated rings.